The molecule has 3 aliphatic rings. The van der Waals surface area contributed by atoms with Gasteiger partial charge in [0.1, 0.15) is 24.4 Å². The molecule has 2 aliphatic heterocycles. The van der Waals surface area contributed by atoms with Crippen LogP contribution in [-0.4, -0.2) is 130 Å². The largest absolute Gasteiger partial charge is 0.466 e. The Balaban J connectivity index is 1.66. The van der Waals surface area contributed by atoms with E-state index in [1.807, 2.05) is 57.3 Å². The highest BCUT2D eigenvalue weighted by atomic mass is 35.5. The Kier molecular flexibility index (Phi) is 26.3. The highest BCUT2D eigenvalue weighted by Gasteiger charge is 2.58. The molecule has 11 atom stereocenters. The number of hydrogen-bond acceptors (Lipinski definition) is 17. The molecule has 0 amide bonds. The number of carbonyl (C=O) groups is 6. The third-order valence-corrected chi connectivity index (χ3v) is 21.5. The van der Waals surface area contributed by atoms with Gasteiger partial charge < -0.3 is 52.2 Å². The molecule has 81 heavy (non-hydrogen) atoms. The van der Waals surface area contributed by atoms with Gasteiger partial charge in [0.2, 0.25) is 5.79 Å². The number of methoxy groups -OCH3 is 1. The summed E-state index contributed by atoms with van der Waals surface area (Å²) in [6, 6.07) is 9.41. The predicted molar refractivity (Wildman–Crippen MR) is 309 cm³/mol. The van der Waals surface area contributed by atoms with E-state index in [-0.39, 0.29) is 73.8 Å². The van der Waals surface area contributed by atoms with E-state index in [9.17, 15) is 33.9 Å². The SMILES string of the molecule is CCC(=O)O[C@H]1/C(=C/C(=O)OC)C[C@@H](C[C@@H](OC(=O)C[C@@H](CC(=O)O[C@@H](CCC[C@@H]2CCOC3(C[C@H](C)CC[C@H]3C(C)C)O2)C(C)(C)COC(=O)CCl)O[Si](C)(C)C(C)(C)C)C(C)OCc2ccccc2)O[C@@]1(O)C(C)(C)/C=C/C=O. The number of alkyl halides is 1. The molecular weight excluding hydrogens is 1080 g/mol. The second kappa shape index (κ2) is 30.7. The van der Waals surface area contributed by atoms with Crippen LogP contribution in [-0.2, 0) is 82.4 Å². The number of esters is 5. The zero-order chi connectivity index (χ0) is 60.6. The van der Waals surface area contributed by atoms with Gasteiger partial charge in [-0.2, -0.15) is 0 Å². The molecule has 2 saturated heterocycles. The maximum Gasteiger partial charge on any atom is 0.330 e. The molecular formula is C62H97ClO17Si. The smallest absolute Gasteiger partial charge is 0.330 e. The van der Waals surface area contributed by atoms with Gasteiger partial charge in [0.25, 0.3) is 0 Å². The average Bonchev–Trinajstić information content (AvgIpc) is 3.44. The van der Waals surface area contributed by atoms with Crippen molar-refractivity contribution in [3.05, 3.63) is 59.7 Å². The molecule has 458 valence electrons. The third-order valence-electron chi connectivity index (χ3n) is 16.7. The van der Waals surface area contributed by atoms with Gasteiger partial charge in [0, 0.05) is 42.1 Å². The number of benzene rings is 1. The highest BCUT2D eigenvalue weighted by molar-refractivity contribution is 6.74. The van der Waals surface area contributed by atoms with E-state index in [0.29, 0.717) is 44.0 Å². The van der Waals surface area contributed by atoms with Gasteiger partial charge in [0.05, 0.1) is 64.2 Å². The second-order valence-electron chi connectivity index (χ2n) is 25.6. The van der Waals surface area contributed by atoms with Crippen LogP contribution in [0.3, 0.4) is 0 Å². The minimum Gasteiger partial charge on any atom is -0.466 e. The molecule has 1 aromatic rings. The van der Waals surface area contributed by atoms with Crippen molar-refractivity contribution >= 4 is 56.1 Å². The maximum atomic E-state index is 14.7. The van der Waals surface area contributed by atoms with Crippen LogP contribution in [0.2, 0.25) is 18.1 Å². The molecule has 1 aromatic carbocycles. The third kappa shape index (κ3) is 20.1. The standard InChI is InChI=1S/C62H97ClO17Si/c1-16-52(65)77-57-45(33-53(66)71-13)32-47(79-62(57,70)60(11,12)29-21-30-64)34-50(43(5)72-39-44-22-18-17-19-23-44)75-54(67)35-48(80-81(14,15)58(6,7)8)36-55(68)76-51(59(9,10)40-73-56(69)38-63)25-20-24-46-28-31-74-61(78-46)37-42(4)26-27-49(61)41(2)3/h17-19,21-23,29-30,33,41-43,46-51,57,70H,16,20,24-28,31-32,34-40H2,1-15H3/b29-21+,45-33+/t42-,43?,46-,47+,48+,49+,50-,51+,57+,61?,62-/m1/s1. The van der Waals surface area contributed by atoms with Crippen LogP contribution < -0.4 is 0 Å². The lowest BCUT2D eigenvalue weighted by Crippen LogP contribution is -2.62. The molecule has 2 unspecified atom stereocenters. The summed E-state index contributed by atoms with van der Waals surface area (Å²) in [5.41, 5.74) is -1.27. The first-order chi connectivity index (χ1) is 37.8. The van der Waals surface area contributed by atoms with Gasteiger partial charge in [-0.15, -0.1) is 11.6 Å². The number of aliphatic hydroxyl groups is 1. The van der Waals surface area contributed by atoms with E-state index < -0.39 is 97.2 Å². The quantitative estimate of drug-likeness (QED) is 0.0197. The summed E-state index contributed by atoms with van der Waals surface area (Å²) < 4.78 is 62.4. The molecule has 3 fully saturated rings. The molecule has 0 radical (unpaired) electrons. The van der Waals surface area contributed by atoms with Crippen LogP contribution in [0.15, 0.2) is 54.1 Å². The van der Waals surface area contributed by atoms with E-state index in [1.54, 1.807) is 27.7 Å². The van der Waals surface area contributed by atoms with E-state index in [0.717, 1.165) is 37.3 Å². The minimum absolute atomic E-state index is 0.0587. The first-order valence-corrected chi connectivity index (χ1v) is 32.6. The first-order valence-electron chi connectivity index (χ1n) is 29.1. The van der Waals surface area contributed by atoms with E-state index in [4.69, 9.17) is 58.7 Å². The number of ether oxygens (including phenoxy) is 9. The summed E-state index contributed by atoms with van der Waals surface area (Å²) in [5, 5.41) is 12.4. The lowest BCUT2D eigenvalue weighted by Gasteiger charge is -2.51. The zero-order valence-electron chi connectivity index (χ0n) is 51.1. The van der Waals surface area contributed by atoms with E-state index in [2.05, 4.69) is 41.5 Å². The minimum atomic E-state index is -2.71. The van der Waals surface area contributed by atoms with E-state index in [1.165, 1.54) is 19.3 Å². The van der Waals surface area contributed by atoms with Crippen molar-refractivity contribution in [3.63, 3.8) is 0 Å². The normalized spacial score (nSPS) is 25.9. The van der Waals surface area contributed by atoms with Gasteiger partial charge in [-0.05, 0) is 92.6 Å². The molecule has 19 heteroatoms. The van der Waals surface area contributed by atoms with Crippen molar-refractivity contribution in [2.24, 2.45) is 28.6 Å². The van der Waals surface area contributed by atoms with E-state index >= 15 is 0 Å². The van der Waals surface area contributed by atoms with Crippen molar-refractivity contribution < 1.29 is 80.9 Å². The van der Waals surface area contributed by atoms with Crippen molar-refractivity contribution in [3.8, 4) is 0 Å². The van der Waals surface area contributed by atoms with Crippen LogP contribution in [0.5, 0.6) is 0 Å². The van der Waals surface area contributed by atoms with Crippen LogP contribution in [0.4, 0.5) is 0 Å². The highest BCUT2D eigenvalue weighted by Crippen LogP contribution is 2.49. The van der Waals surface area contributed by atoms with Gasteiger partial charge in [0.15, 0.2) is 20.2 Å². The fourth-order valence-electron chi connectivity index (χ4n) is 10.8. The molecule has 17 nitrogen and oxygen atoms in total. The lowest BCUT2D eigenvalue weighted by atomic mass is 9.72. The number of hydrogen-bond donors (Lipinski definition) is 1. The number of carbonyl (C=O) groups excluding carboxylic acids is 6. The second-order valence-corrected chi connectivity index (χ2v) is 30.6. The zero-order valence-corrected chi connectivity index (χ0v) is 52.9. The Bertz CT molecular complexity index is 2280. The first kappa shape index (κ1) is 69.5. The van der Waals surface area contributed by atoms with Gasteiger partial charge in [-0.1, -0.05) is 119 Å². The topological polar surface area (TPSA) is 215 Å². The number of aldehydes is 1. The molecule has 1 saturated carbocycles. The Morgan fingerprint density at radius 1 is 0.901 bits per heavy atom. The monoisotopic (exact) mass is 1180 g/mol. The van der Waals surface area contributed by atoms with Crippen molar-refractivity contribution in [1.29, 1.82) is 0 Å². The molecule has 4 rings (SSSR count). The van der Waals surface area contributed by atoms with Gasteiger partial charge >= 0.3 is 29.8 Å². The van der Waals surface area contributed by atoms with Gasteiger partial charge in [-0.3, -0.25) is 24.0 Å². The average molecular weight is 1180 g/mol. The molecule has 1 spiro atoms. The van der Waals surface area contributed by atoms with Crippen LogP contribution in [0.1, 0.15) is 166 Å². The molecule has 0 bridgehead atoms. The Morgan fingerprint density at radius 3 is 2.17 bits per heavy atom. The number of rotatable bonds is 29. The van der Waals surface area contributed by atoms with Gasteiger partial charge in [-0.25, -0.2) is 4.79 Å². The fourth-order valence-corrected chi connectivity index (χ4v) is 12.2. The predicted octanol–water partition coefficient (Wildman–Crippen LogP) is 11.2. The lowest BCUT2D eigenvalue weighted by molar-refractivity contribution is -0.339. The summed E-state index contributed by atoms with van der Waals surface area (Å²) in [6.07, 6.45) is 2.63. The number of halogens is 1. The summed E-state index contributed by atoms with van der Waals surface area (Å²) >= 11 is 5.83. The summed E-state index contributed by atoms with van der Waals surface area (Å²) in [6.45, 7) is 27.8. The Labute approximate surface area is 488 Å². The summed E-state index contributed by atoms with van der Waals surface area (Å²) in [4.78, 5) is 79.1. The Morgan fingerprint density at radius 2 is 1.57 bits per heavy atom. The summed E-state index contributed by atoms with van der Waals surface area (Å²) in [5.74, 6) is -5.60. The van der Waals surface area contributed by atoms with Crippen molar-refractivity contribution in [1.82, 2.24) is 0 Å². The molecule has 1 aliphatic carbocycles. The maximum absolute atomic E-state index is 14.7. The molecule has 2 heterocycles. The summed E-state index contributed by atoms with van der Waals surface area (Å²) in [7, 11) is -1.52. The van der Waals surface area contributed by atoms with Crippen molar-refractivity contribution in [2.75, 3.05) is 26.2 Å². The van der Waals surface area contributed by atoms with Crippen LogP contribution in [0, 0.1) is 28.6 Å². The van der Waals surface area contributed by atoms with Crippen molar-refractivity contribution in [2.45, 2.75) is 239 Å². The number of allylic oxidation sites excluding steroid dienone is 1. The molecule has 1 N–H and O–H groups in total. The fraction of sp³-hybridized carbons (Fsp3) is 0.742. The van der Waals surface area contributed by atoms with Crippen LogP contribution >= 0.6 is 11.6 Å². The van der Waals surface area contributed by atoms with Crippen LogP contribution in [0.25, 0.3) is 0 Å². The molecule has 0 aromatic heterocycles. The Hall–Kier alpha value is -4.01.